The molecule has 0 amide bonds. The van der Waals surface area contributed by atoms with Gasteiger partial charge in [-0.1, -0.05) is 48.0 Å². The molecule has 3 nitrogen and oxygen atoms in total. The quantitative estimate of drug-likeness (QED) is 0.556. The smallest absolute Gasteiger partial charge is 0.118 e. The van der Waals surface area contributed by atoms with Crippen LogP contribution in [0.15, 0.2) is 77.9 Å². The van der Waals surface area contributed by atoms with E-state index in [2.05, 4.69) is 47.5 Å². The van der Waals surface area contributed by atoms with Gasteiger partial charge in [-0.05, 0) is 60.0 Å². The number of hydrogen-bond donors (Lipinski definition) is 0. The molecule has 0 N–H and O–H groups in total. The third kappa shape index (κ3) is 3.56. The van der Waals surface area contributed by atoms with E-state index in [0.717, 1.165) is 39.7 Å². The standard InChI is InChI=1S/C23H21ClN2O/c1-16-8-11-19(14-21(16)24)26-23(18-6-4-3-5-7-18)15-22(25-26)17-9-12-20(27-2)13-10-17/h3-14,23H,15H2,1-2H3. The summed E-state index contributed by atoms with van der Waals surface area (Å²) in [5.74, 6) is 0.846. The second-order valence-electron chi connectivity index (χ2n) is 6.68. The molecule has 1 atom stereocenters. The van der Waals surface area contributed by atoms with Gasteiger partial charge in [0.2, 0.25) is 0 Å². The maximum Gasteiger partial charge on any atom is 0.118 e. The van der Waals surface area contributed by atoms with Crippen molar-refractivity contribution in [1.82, 2.24) is 0 Å². The Labute approximate surface area is 164 Å². The monoisotopic (exact) mass is 376 g/mol. The molecule has 4 rings (SSSR count). The molecule has 0 aromatic heterocycles. The zero-order chi connectivity index (χ0) is 18.8. The van der Waals surface area contributed by atoms with Gasteiger partial charge in [-0.2, -0.15) is 5.10 Å². The SMILES string of the molecule is COc1ccc(C2=NN(c3ccc(C)c(Cl)c3)C(c3ccccc3)C2)cc1. The third-order valence-electron chi connectivity index (χ3n) is 4.94. The zero-order valence-corrected chi connectivity index (χ0v) is 16.1. The summed E-state index contributed by atoms with van der Waals surface area (Å²) in [6, 6.07) is 24.8. The first kappa shape index (κ1) is 17.6. The predicted octanol–water partition coefficient (Wildman–Crippen LogP) is 6.01. The van der Waals surface area contributed by atoms with Gasteiger partial charge in [0.25, 0.3) is 0 Å². The highest BCUT2D eigenvalue weighted by Gasteiger charge is 2.30. The average Bonchev–Trinajstić information content (AvgIpc) is 3.16. The molecule has 1 aliphatic heterocycles. The van der Waals surface area contributed by atoms with Crippen LogP contribution >= 0.6 is 11.6 Å². The number of methoxy groups -OCH3 is 1. The van der Waals surface area contributed by atoms with Crippen LogP contribution in [0.1, 0.15) is 29.2 Å². The van der Waals surface area contributed by atoms with Gasteiger partial charge in [0, 0.05) is 11.4 Å². The fraction of sp³-hybridized carbons (Fsp3) is 0.174. The van der Waals surface area contributed by atoms with Crippen molar-refractivity contribution < 1.29 is 4.74 Å². The minimum Gasteiger partial charge on any atom is -0.497 e. The number of benzene rings is 3. The average molecular weight is 377 g/mol. The first-order valence-electron chi connectivity index (χ1n) is 8.98. The number of halogens is 1. The largest absolute Gasteiger partial charge is 0.497 e. The molecule has 1 unspecified atom stereocenters. The van der Waals surface area contributed by atoms with Gasteiger partial charge in [0.15, 0.2) is 0 Å². The number of hydrazone groups is 1. The summed E-state index contributed by atoms with van der Waals surface area (Å²) in [5.41, 5.74) is 5.47. The molecule has 136 valence electrons. The molecule has 0 spiro atoms. The van der Waals surface area contributed by atoms with E-state index in [0.29, 0.717) is 0 Å². The molecule has 0 saturated heterocycles. The van der Waals surface area contributed by atoms with E-state index in [-0.39, 0.29) is 6.04 Å². The summed E-state index contributed by atoms with van der Waals surface area (Å²) in [6.07, 6.45) is 0.835. The molecule has 0 radical (unpaired) electrons. The summed E-state index contributed by atoms with van der Waals surface area (Å²) < 4.78 is 5.27. The zero-order valence-electron chi connectivity index (χ0n) is 15.4. The van der Waals surface area contributed by atoms with Gasteiger partial charge in [-0.25, -0.2) is 0 Å². The molecule has 0 bridgehead atoms. The predicted molar refractivity (Wildman–Crippen MR) is 112 cm³/mol. The van der Waals surface area contributed by atoms with Crippen LogP contribution in [-0.4, -0.2) is 12.8 Å². The Kier molecular flexibility index (Phi) is 4.87. The van der Waals surface area contributed by atoms with E-state index in [1.165, 1.54) is 5.56 Å². The Morgan fingerprint density at radius 1 is 1.00 bits per heavy atom. The van der Waals surface area contributed by atoms with Gasteiger partial charge in [-0.15, -0.1) is 0 Å². The Hall–Kier alpha value is -2.78. The lowest BCUT2D eigenvalue weighted by Gasteiger charge is -2.24. The minimum atomic E-state index is 0.141. The molecule has 0 fully saturated rings. The fourth-order valence-electron chi connectivity index (χ4n) is 3.37. The normalized spacial score (nSPS) is 16.3. The summed E-state index contributed by atoms with van der Waals surface area (Å²) >= 11 is 6.38. The van der Waals surface area contributed by atoms with Crippen molar-refractivity contribution in [2.24, 2.45) is 5.10 Å². The van der Waals surface area contributed by atoms with Crippen molar-refractivity contribution in [3.63, 3.8) is 0 Å². The van der Waals surface area contributed by atoms with E-state index >= 15 is 0 Å². The van der Waals surface area contributed by atoms with Gasteiger partial charge in [-0.3, -0.25) is 5.01 Å². The van der Waals surface area contributed by atoms with Crippen LogP contribution < -0.4 is 9.75 Å². The molecular weight excluding hydrogens is 356 g/mol. The van der Waals surface area contributed by atoms with Gasteiger partial charge >= 0.3 is 0 Å². The molecular formula is C23H21ClN2O. The highest BCUT2D eigenvalue weighted by Crippen LogP contribution is 2.38. The van der Waals surface area contributed by atoms with Crippen LogP contribution in [0.25, 0.3) is 0 Å². The molecule has 0 saturated carbocycles. The van der Waals surface area contributed by atoms with Crippen molar-refractivity contribution in [2.45, 2.75) is 19.4 Å². The number of anilines is 1. The molecule has 3 aromatic rings. The molecule has 4 heteroatoms. The number of hydrogen-bond acceptors (Lipinski definition) is 3. The van der Waals surface area contributed by atoms with E-state index in [1.54, 1.807) is 7.11 Å². The van der Waals surface area contributed by atoms with Crippen LogP contribution in [0, 0.1) is 6.92 Å². The van der Waals surface area contributed by atoms with Crippen molar-refractivity contribution in [3.05, 3.63) is 94.5 Å². The lowest BCUT2D eigenvalue weighted by Crippen LogP contribution is -2.18. The first-order valence-corrected chi connectivity index (χ1v) is 9.36. The molecule has 3 aromatic carbocycles. The van der Waals surface area contributed by atoms with Crippen LogP contribution in [0.3, 0.4) is 0 Å². The summed E-state index contributed by atoms with van der Waals surface area (Å²) in [5, 5.41) is 7.80. The maximum absolute atomic E-state index is 6.38. The van der Waals surface area contributed by atoms with Crippen molar-refractivity contribution in [2.75, 3.05) is 12.1 Å². The maximum atomic E-state index is 6.38. The van der Waals surface area contributed by atoms with E-state index in [9.17, 15) is 0 Å². The summed E-state index contributed by atoms with van der Waals surface area (Å²) in [4.78, 5) is 0. The van der Waals surface area contributed by atoms with Crippen LogP contribution in [-0.2, 0) is 0 Å². The Bertz CT molecular complexity index is 967. The highest BCUT2D eigenvalue weighted by molar-refractivity contribution is 6.31. The van der Waals surface area contributed by atoms with Crippen LogP contribution in [0.2, 0.25) is 5.02 Å². The summed E-state index contributed by atoms with van der Waals surface area (Å²) in [7, 11) is 1.68. The van der Waals surface area contributed by atoms with Crippen LogP contribution in [0.5, 0.6) is 5.75 Å². The summed E-state index contributed by atoms with van der Waals surface area (Å²) in [6.45, 7) is 2.01. The number of nitrogens with zero attached hydrogens (tertiary/aromatic N) is 2. The van der Waals surface area contributed by atoms with E-state index < -0.39 is 0 Å². The molecule has 1 aliphatic rings. The van der Waals surface area contributed by atoms with Gasteiger partial charge in [0.05, 0.1) is 24.6 Å². The van der Waals surface area contributed by atoms with Crippen molar-refractivity contribution in [1.29, 1.82) is 0 Å². The lowest BCUT2D eigenvalue weighted by atomic mass is 9.98. The second-order valence-corrected chi connectivity index (χ2v) is 7.09. The third-order valence-corrected chi connectivity index (χ3v) is 5.35. The molecule has 1 heterocycles. The minimum absolute atomic E-state index is 0.141. The van der Waals surface area contributed by atoms with Crippen molar-refractivity contribution in [3.8, 4) is 5.75 Å². The number of ether oxygens (including phenoxy) is 1. The highest BCUT2D eigenvalue weighted by atomic mass is 35.5. The van der Waals surface area contributed by atoms with E-state index in [4.69, 9.17) is 21.4 Å². The van der Waals surface area contributed by atoms with Gasteiger partial charge in [0.1, 0.15) is 5.75 Å². The Morgan fingerprint density at radius 3 is 2.41 bits per heavy atom. The topological polar surface area (TPSA) is 24.8 Å². The number of rotatable bonds is 4. The van der Waals surface area contributed by atoms with Gasteiger partial charge < -0.3 is 4.74 Å². The first-order chi connectivity index (χ1) is 13.2. The lowest BCUT2D eigenvalue weighted by molar-refractivity contribution is 0.415. The van der Waals surface area contributed by atoms with E-state index in [1.807, 2.05) is 37.3 Å². The molecule has 27 heavy (non-hydrogen) atoms. The Morgan fingerprint density at radius 2 is 1.74 bits per heavy atom. The number of aryl methyl sites for hydroxylation is 1. The Balaban J connectivity index is 1.74. The second kappa shape index (κ2) is 7.45. The van der Waals surface area contributed by atoms with Crippen LogP contribution in [0.4, 0.5) is 5.69 Å². The molecule has 0 aliphatic carbocycles. The fourth-order valence-corrected chi connectivity index (χ4v) is 3.54. The van der Waals surface area contributed by atoms with Crippen molar-refractivity contribution >= 4 is 23.0 Å².